The first-order valence-corrected chi connectivity index (χ1v) is 11.5. The van der Waals surface area contributed by atoms with Gasteiger partial charge in [-0.05, 0) is 61.4 Å². The van der Waals surface area contributed by atoms with Crippen molar-refractivity contribution in [2.45, 2.75) is 38.6 Å². The predicted molar refractivity (Wildman–Crippen MR) is 123 cm³/mol. The average molecular weight is 446 g/mol. The fourth-order valence-corrected chi connectivity index (χ4v) is 4.60. The Morgan fingerprint density at radius 3 is 2.67 bits per heavy atom. The molecule has 33 heavy (non-hydrogen) atoms. The maximum absolute atomic E-state index is 12.9. The lowest BCUT2D eigenvalue weighted by atomic mass is 9.89. The monoisotopic (exact) mass is 445 g/mol. The first-order valence-electron chi connectivity index (χ1n) is 11.5. The average Bonchev–Trinajstić information content (AvgIpc) is 3.54. The van der Waals surface area contributed by atoms with E-state index in [1.165, 1.54) is 30.2 Å². The van der Waals surface area contributed by atoms with Crippen LogP contribution >= 0.6 is 0 Å². The first kappa shape index (κ1) is 21.1. The molecule has 0 spiro atoms. The van der Waals surface area contributed by atoms with E-state index in [2.05, 4.69) is 34.6 Å². The number of carbonyl (C=O) groups excluding carboxylic acids is 1. The van der Waals surface area contributed by atoms with Gasteiger partial charge in [0.15, 0.2) is 5.76 Å². The van der Waals surface area contributed by atoms with Crippen molar-refractivity contribution >= 4 is 11.9 Å². The molecule has 8 nitrogen and oxygen atoms in total. The van der Waals surface area contributed by atoms with Crippen LogP contribution in [0.4, 0.5) is 10.7 Å². The van der Waals surface area contributed by atoms with Crippen LogP contribution in [0.5, 0.6) is 0 Å². The molecule has 0 bridgehead atoms. The van der Waals surface area contributed by atoms with E-state index in [1.807, 2.05) is 11.8 Å². The number of hydrogen-bond donors (Lipinski definition) is 1. The van der Waals surface area contributed by atoms with Gasteiger partial charge in [0.05, 0.1) is 12.3 Å². The fourth-order valence-electron chi connectivity index (χ4n) is 4.60. The lowest BCUT2D eigenvalue weighted by molar-refractivity contribution is 0.190. The zero-order valence-corrected chi connectivity index (χ0v) is 18.7. The minimum Gasteiger partial charge on any atom is -0.459 e. The van der Waals surface area contributed by atoms with Gasteiger partial charge in [0.25, 0.3) is 5.89 Å². The summed E-state index contributed by atoms with van der Waals surface area (Å²) in [4.78, 5) is 20.9. The standard InChI is InChI=1S/C25H27N5O3/c1-17(19-9-8-18-5-2-3-6-20(18)15-19)27-25(31)30-12-10-29(11-13-30)24-21(16-26)28-23(33-24)22-7-4-14-32-22/h4,7-9,14-15,17H,2-3,5-6,10-13H2,1H3,(H,27,31). The van der Waals surface area contributed by atoms with E-state index in [0.717, 1.165) is 18.4 Å². The topological polar surface area (TPSA) is 98.5 Å². The maximum atomic E-state index is 12.9. The van der Waals surface area contributed by atoms with Gasteiger partial charge in [-0.2, -0.15) is 10.2 Å². The second-order valence-corrected chi connectivity index (χ2v) is 8.64. The Hall–Kier alpha value is -3.73. The van der Waals surface area contributed by atoms with Crippen molar-refractivity contribution in [1.82, 2.24) is 15.2 Å². The number of urea groups is 1. The van der Waals surface area contributed by atoms with E-state index in [1.54, 1.807) is 17.0 Å². The molecule has 3 aromatic rings. The van der Waals surface area contributed by atoms with Crippen LogP contribution in [0, 0.1) is 11.3 Å². The van der Waals surface area contributed by atoms with Gasteiger partial charge in [-0.1, -0.05) is 18.2 Å². The Kier molecular flexibility index (Phi) is 5.78. The molecule has 1 atom stereocenters. The third-order valence-electron chi connectivity index (χ3n) is 6.51. The van der Waals surface area contributed by atoms with Crippen molar-refractivity contribution in [3.8, 4) is 17.7 Å². The molecule has 170 valence electrons. The number of aryl methyl sites for hydroxylation is 2. The Morgan fingerprint density at radius 1 is 1.15 bits per heavy atom. The van der Waals surface area contributed by atoms with Crippen molar-refractivity contribution in [3.05, 3.63) is 59.0 Å². The molecule has 2 amide bonds. The summed E-state index contributed by atoms with van der Waals surface area (Å²) in [6.45, 7) is 4.21. The molecule has 1 unspecified atom stereocenters. The van der Waals surface area contributed by atoms with E-state index >= 15 is 0 Å². The molecular formula is C25H27N5O3. The number of hydrogen-bond acceptors (Lipinski definition) is 6. The SMILES string of the molecule is CC(NC(=O)N1CCN(c2oc(-c3ccco3)nc2C#N)CC1)c1ccc2c(c1)CCCC2. The molecule has 0 radical (unpaired) electrons. The number of nitrogens with zero attached hydrogens (tertiary/aromatic N) is 4. The van der Waals surface area contributed by atoms with E-state index in [-0.39, 0.29) is 23.7 Å². The number of rotatable bonds is 4. The molecule has 1 aromatic carbocycles. The number of furan rings is 1. The summed E-state index contributed by atoms with van der Waals surface area (Å²) in [5, 5.41) is 12.6. The minimum atomic E-state index is -0.0748. The van der Waals surface area contributed by atoms with Crippen LogP contribution in [0.2, 0.25) is 0 Å². The lowest BCUT2D eigenvalue weighted by Crippen LogP contribution is -2.52. The lowest BCUT2D eigenvalue weighted by Gasteiger charge is -2.35. The molecule has 8 heteroatoms. The highest BCUT2D eigenvalue weighted by Crippen LogP contribution is 2.29. The zero-order valence-electron chi connectivity index (χ0n) is 18.7. The number of nitrogens with one attached hydrogen (secondary N) is 1. The number of aromatic nitrogens is 1. The Bertz CT molecular complexity index is 1170. The first-order chi connectivity index (χ1) is 16.1. The highest BCUT2D eigenvalue weighted by molar-refractivity contribution is 5.75. The van der Waals surface area contributed by atoms with Crippen LogP contribution < -0.4 is 10.2 Å². The van der Waals surface area contributed by atoms with Gasteiger partial charge < -0.3 is 24.0 Å². The summed E-state index contributed by atoms with van der Waals surface area (Å²) < 4.78 is 11.2. The number of anilines is 1. The van der Waals surface area contributed by atoms with Crippen LogP contribution in [0.25, 0.3) is 11.7 Å². The van der Waals surface area contributed by atoms with Gasteiger partial charge in [-0.15, -0.1) is 0 Å². The summed E-state index contributed by atoms with van der Waals surface area (Å²) in [7, 11) is 0. The fraction of sp³-hybridized carbons (Fsp3) is 0.400. The van der Waals surface area contributed by atoms with Crippen molar-refractivity contribution in [2.24, 2.45) is 0 Å². The number of carbonyl (C=O) groups is 1. The number of benzene rings is 1. The normalized spacial score (nSPS) is 16.7. The molecular weight excluding hydrogens is 418 g/mol. The van der Waals surface area contributed by atoms with Gasteiger partial charge in [-0.25, -0.2) is 4.79 Å². The maximum Gasteiger partial charge on any atom is 0.317 e. The van der Waals surface area contributed by atoms with Crippen LogP contribution in [0.3, 0.4) is 0 Å². The van der Waals surface area contributed by atoms with Gasteiger partial charge in [0.1, 0.15) is 6.07 Å². The van der Waals surface area contributed by atoms with Gasteiger partial charge >= 0.3 is 6.03 Å². The molecule has 1 aliphatic heterocycles. The molecule has 1 saturated heterocycles. The van der Waals surface area contributed by atoms with Crippen molar-refractivity contribution in [3.63, 3.8) is 0 Å². The van der Waals surface area contributed by atoms with Crippen molar-refractivity contribution < 1.29 is 13.6 Å². The van der Waals surface area contributed by atoms with Crippen LogP contribution in [0.15, 0.2) is 45.4 Å². The highest BCUT2D eigenvalue weighted by Gasteiger charge is 2.27. The second-order valence-electron chi connectivity index (χ2n) is 8.64. The molecule has 5 rings (SSSR count). The molecule has 1 aliphatic carbocycles. The van der Waals surface area contributed by atoms with E-state index < -0.39 is 0 Å². The summed E-state index contributed by atoms with van der Waals surface area (Å²) in [5.74, 6) is 1.18. The zero-order chi connectivity index (χ0) is 22.8. The Balaban J connectivity index is 1.20. The number of oxazole rings is 1. The number of piperazine rings is 1. The smallest absolute Gasteiger partial charge is 0.317 e. The summed E-state index contributed by atoms with van der Waals surface area (Å²) >= 11 is 0. The summed E-state index contributed by atoms with van der Waals surface area (Å²) in [5.41, 5.74) is 4.23. The van der Waals surface area contributed by atoms with Crippen LogP contribution in [-0.2, 0) is 12.8 Å². The van der Waals surface area contributed by atoms with E-state index in [9.17, 15) is 10.1 Å². The molecule has 2 aliphatic rings. The molecule has 1 N–H and O–H groups in total. The van der Waals surface area contributed by atoms with E-state index in [0.29, 0.717) is 37.8 Å². The largest absolute Gasteiger partial charge is 0.459 e. The Labute approximate surface area is 192 Å². The number of nitriles is 1. The quantitative estimate of drug-likeness (QED) is 0.644. The number of fused-ring (bicyclic) bond motifs is 1. The Morgan fingerprint density at radius 2 is 1.94 bits per heavy atom. The van der Waals surface area contributed by atoms with Gasteiger partial charge in [0.2, 0.25) is 11.6 Å². The molecule has 1 fully saturated rings. The van der Waals surface area contributed by atoms with Gasteiger partial charge in [0, 0.05) is 26.2 Å². The number of amides is 2. The molecule has 0 saturated carbocycles. The van der Waals surface area contributed by atoms with Crippen LogP contribution in [0.1, 0.15) is 48.2 Å². The van der Waals surface area contributed by atoms with Gasteiger partial charge in [-0.3, -0.25) is 0 Å². The molecule has 3 heterocycles. The van der Waals surface area contributed by atoms with Crippen molar-refractivity contribution in [2.75, 3.05) is 31.1 Å². The van der Waals surface area contributed by atoms with E-state index in [4.69, 9.17) is 8.83 Å². The van der Waals surface area contributed by atoms with Crippen LogP contribution in [-0.4, -0.2) is 42.1 Å². The third-order valence-corrected chi connectivity index (χ3v) is 6.51. The minimum absolute atomic E-state index is 0.0573. The predicted octanol–water partition coefficient (Wildman–Crippen LogP) is 4.28. The molecule has 2 aromatic heterocycles. The van der Waals surface area contributed by atoms with Crippen molar-refractivity contribution in [1.29, 1.82) is 5.26 Å². The summed E-state index contributed by atoms with van der Waals surface area (Å²) in [6, 6.07) is 12.0. The third kappa shape index (κ3) is 4.31. The second kappa shape index (κ2) is 9.02. The summed E-state index contributed by atoms with van der Waals surface area (Å²) in [6.07, 6.45) is 6.32. The highest BCUT2D eigenvalue weighted by atomic mass is 16.4.